The van der Waals surface area contributed by atoms with Gasteiger partial charge in [0, 0.05) is 24.9 Å². The van der Waals surface area contributed by atoms with Crippen LogP contribution in [-0.4, -0.2) is 40.3 Å². The van der Waals surface area contributed by atoms with Crippen LogP contribution in [0.4, 0.5) is 10.1 Å². The molecule has 0 N–H and O–H groups in total. The molecule has 1 unspecified atom stereocenters. The van der Waals surface area contributed by atoms with Crippen molar-refractivity contribution in [2.45, 2.75) is 12.5 Å². The highest BCUT2D eigenvalue weighted by molar-refractivity contribution is 7.99. The molecular formula is C12H13FN2O3S. The number of hydrogen-bond donors (Lipinski definition) is 0. The van der Waals surface area contributed by atoms with Crippen LogP contribution in [0.25, 0.3) is 0 Å². The van der Waals surface area contributed by atoms with Crippen molar-refractivity contribution < 1.29 is 14.1 Å². The fourth-order valence-corrected chi connectivity index (χ4v) is 3.29. The molecule has 1 aromatic carbocycles. The molecule has 19 heavy (non-hydrogen) atoms. The van der Waals surface area contributed by atoms with Crippen molar-refractivity contribution in [1.29, 1.82) is 0 Å². The highest BCUT2D eigenvalue weighted by Crippen LogP contribution is 2.26. The van der Waals surface area contributed by atoms with Crippen molar-refractivity contribution in [3.8, 4) is 0 Å². The Bertz CT molecular complexity index is 518. The summed E-state index contributed by atoms with van der Waals surface area (Å²) in [5, 5.41) is 10.9. The molecule has 1 aliphatic heterocycles. The standard InChI is InChI=1S/C12H13FN2O3S/c1-14(9-4-5-19-7-9)12(16)10-6-8(13)2-3-11(10)15(17)18/h2-3,6,9H,4-5,7H2,1H3. The Morgan fingerprint density at radius 3 is 2.89 bits per heavy atom. The maximum absolute atomic E-state index is 13.2. The van der Waals surface area contributed by atoms with E-state index in [1.165, 1.54) is 4.90 Å². The molecule has 0 aromatic heterocycles. The van der Waals surface area contributed by atoms with Gasteiger partial charge in [0.05, 0.1) is 4.92 Å². The van der Waals surface area contributed by atoms with Gasteiger partial charge in [-0.1, -0.05) is 0 Å². The molecule has 102 valence electrons. The molecule has 1 amide bonds. The van der Waals surface area contributed by atoms with Gasteiger partial charge in [-0.2, -0.15) is 11.8 Å². The molecule has 1 heterocycles. The Kier molecular flexibility index (Phi) is 4.04. The van der Waals surface area contributed by atoms with Crippen molar-refractivity contribution >= 4 is 23.4 Å². The van der Waals surface area contributed by atoms with Crippen LogP contribution >= 0.6 is 11.8 Å². The number of hydrogen-bond acceptors (Lipinski definition) is 4. The Balaban J connectivity index is 2.31. The predicted molar refractivity (Wildman–Crippen MR) is 70.9 cm³/mol. The van der Waals surface area contributed by atoms with E-state index in [1.807, 2.05) is 0 Å². The van der Waals surface area contributed by atoms with Crippen LogP contribution in [0, 0.1) is 15.9 Å². The Hall–Kier alpha value is -1.63. The average molecular weight is 284 g/mol. The average Bonchev–Trinajstić information content (AvgIpc) is 2.90. The molecule has 1 atom stereocenters. The lowest BCUT2D eigenvalue weighted by atomic mass is 10.1. The van der Waals surface area contributed by atoms with E-state index >= 15 is 0 Å². The van der Waals surface area contributed by atoms with Crippen LogP contribution in [0.3, 0.4) is 0 Å². The Morgan fingerprint density at radius 2 is 2.32 bits per heavy atom. The van der Waals surface area contributed by atoms with Gasteiger partial charge in [0.2, 0.25) is 0 Å². The smallest absolute Gasteiger partial charge is 0.282 e. The van der Waals surface area contributed by atoms with Crippen molar-refractivity contribution in [3.63, 3.8) is 0 Å². The maximum Gasteiger partial charge on any atom is 0.282 e. The number of carbonyl (C=O) groups is 1. The van der Waals surface area contributed by atoms with Gasteiger partial charge < -0.3 is 4.90 Å². The molecule has 2 rings (SSSR count). The summed E-state index contributed by atoms with van der Waals surface area (Å²) in [7, 11) is 1.60. The number of nitrogens with zero attached hydrogens (tertiary/aromatic N) is 2. The molecule has 0 aliphatic carbocycles. The number of halogens is 1. The fraction of sp³-hybridized carbons (Fsp3) is 0.417. The second-order valence-corrected chi connectivity index (χ2v) is 5.50. The second kappa shape index (κ2) is 5.56. The lowest BCUT2D eigenvalue weighted by Crippen LogP contribution is -2.37. The summed E-state index contributed by atoms with van der Waals surface area (Å²) in [6, 6.07) is 3.00. The highest BCUT2D eigenvalue weighted by Gasteiger charge is 2.29. The molecule has 1 aliphatic rings. The van der Waals surface area contributed by atoms with Gasteiger partial charge in [0.25, 0.3) is 11.6 Å². The molecule has 7 heteroatoms. The van der Waals surface area contributed by atoms with Crippen molar-refractivity contribution in [2.75, 3.05) is 18.6 Å². The summed E-state index contributed by atoms with van der Waals surface area (Å²) in [5.41, 5.74) is -0.548. The van der Waals surface area contributed by atoms with Crippen molar-refractivity contribution in [2.24, 2.45) is 0 Å². The van der Waals surface area contributed by atoms with E-state index < -0.39 is 16.6 Å². The van der Waals surface area contributed by atoms with Gasteiger partial charge in [-0.15, -0.1) is 0 Å². The molecule has 0 spiro atoms. The number of amides is 1. The summed E-state index contributed by atoms with van der Waals surface area (Å²) >= 11 is 1.73. The first-order valence-corrected chi connectivity index (χ1v) is 6.95. The minimum Gasteiger partial charge on any atom is -0.338 e. The van der Waals surface area contributed by atoms with Crippen LogP contribution in [0.15, 0.2) is 18.2 Å². The number of rotatable bonds is 3. The van der Waals surface area contributed by atoms with E-state index in [1.54, 1.807) is 18.8 Å². The molecule has 1 fully saturated rings. The first-order chi connectivity index (χ1) is 9.00. The summed E-state index contributed by atoms with van der Waals surface area (Å²) in [4.78, 5) is 24.0. The van der Waals surface area contributed by atoms with Crippen LogP contribution in [0.1, 0.15) is 16.8 Å². The van der Waals surface area contributed by atoms with Gasteiger partial charge in [0.15, 0.2) is 0 Å². The largest absolute Gasteiger partial charge is 0.338 e. The normalized spacial score (nSPS) is 18.3. The molecule has 1 aromatic rings. The van der Waals surface area contributed by atoms with E-state index in [9.17, 15) is 19.3 Å². The zero-order chi connectivity index (χ0) is 14.0. The summed E-state index contributed by atoms with van der Waals surface area (Å²) < 4.78 is 13.2. The number of carbonyl (C=O) groups excluding carboxylic acids is 1. The zero-order valence-electron chi connectivity index (χ0n) is 10.3. The number of nitro groups is 1. The second-order valence-electron chi connectivity index (χ2n) is 4.35. The molecule has 1 saturated heterocycles. The third kappa shape index (κ3) is 2.86. The van der Waals surface area contributed by atoms with E-state index in [2.05, 4.69) is 0 Å². The summed E-state index contributed by atoms with van der Waals surface area (Å²) in [5.74, 6) is 0.626. The van der Waals surface area contributed by atoms with Gasteiger partial charge in [0.1, 0.15) is 11.4 Å². The zero-order valence-corrected chi connectivity index (χ0v) is 11.2. The minimum absolute atomic E-state index is 0.0559. The van der Waals surface area contributed by atoms with Gasteiger partial charge in [-0.3, -0.25) is 14.9 Å². The Morgan fingerprint density at radius 1 is 1.58 bits per heavy atom. The minimum atomic E-state index is -0.663. The number of nitro benzene ring substituents is 1. The van der Waals surface area contributed by atoms with Crippen LogP contribution in [0.5, 0.6) is 0 Å². The van der Waals surface area contributed by atoms with Gasteiger partial charge in [-0.25, -0.2) is 4.39 Å². The molecule has 0 saturated carbocycles. The summed E-state index contributed by atoms with van der Waals surface area (Å²) in [6.45, 7) is 0. The predicted octanol–water partition coefficient (Wildman–Crippen LogP) is 2.31. The SMILES string of the molecule is CN(C(=O)c1cc(F)ccc1[N+](=O)[O-])C1CCSC1. The topological polar surface area (TPSA) is 63.5 Å². The van der Waals surface area contributed by atoms with Gasteiger partial charge in [-0.05, 0) is 24.3 Å². The third-order valence-electron chi connectivity index (χ3n) is 3.16. The Labute approximate surface area is 113 Å². The monoisotopic (exact) mass is 284 g/mol. The van der Waals surface area contributed by atoms with Crippen LogP contribution in [-0.2, 0) is 0 Å². The van der Waals surface area contributed by atoms with Gasteiger partial charge >= 0.3 is 0 Å². The number of thioether (sulfide) groups is 1. The van der Waals surface area contributed by atoms with E-state index in [-0.39, 0.29) is 17.3 Å². The first kappa shape index (κ1) is 13.8. The van der Waals surface area contributed by atoms with Crippen molar-refractivity contribution in [1.82, 2.24) is 4.90 Å². The fourth-order valence-electron chi connectivity index (χ4n) is 2.02. The third-order valence-corrected chi connectivity index (χ3v) is 4.30. The molecule has 0 radical (unpaired) electrons. The highest BCUT2D eigenvalue weighted by atomic mass is 32.2. The lowest BCUT2D eigenvalue weighted by Gasteiger charge is -2.23. The lowest BCUT2D eigenvalue weighted by molar-refractivity contribution is -0.385. The number of benzene rings is 1. The quantitative estimate of drug-likeness (QED) is 0.631. The van der Waals surface area contributed by atoms with Crippen LogP contribution < -0.4 is 0 Å². The molecule has 0 bridgehead atoms. The molecular weight excluding hydrogens is 271 g/mol. The molecule has 5 nitrogen and oxygen atoms in total. The maximum atomic E-state index is 13.2. The van der Waals surface area contributed by atoms with Crippen molar-refractivity contribution in [3.05, 3.63) is 39.7 Å². The first-order valence-electron chi connectivity index (χ1n) is 5.79. The van der Waals surface area contributed by atoms with E-state index in [0.717, 1.165) is 36.1 Å². The summed E-state index contributed by atoms with van der Waals surface area (Å²) in [6.07, 6.45) is 0.857. The van der Waals surface area contributed by atoms with E-state index in [4.69, 9.17) is 0 Å². The van der Waals surface area contributed by atoms with E-state index in [0.29, 0.717) is 0 Å². The van der Waals surface area contributed by atoms with Crippen LogP contribution in [0.2, 0.25) is 0 Å².